The lowest BCUT2D eigenvalue weighted by Crippen LogP contribution is -2.14. The van der Waals surface area contributed by atoms with Gasteiger partial charge in [-0.25, -0.2) is 9.97 Å². The largest absolute Gasteiger partial charge is 0.220 e. The predicted octanol–water partition coefficient (Wildman–Crippen LogP) is 5.34. The topological polar surface area (TPSA) is 25.8 Å². The number of aromatic nitrogens is 2. The SMILES string of the molecule is Clc1nc(C2CC3CCC2C3)nc(Cl)c1C1CCCC1. The first-order valence-corrected chi connectivity index (χ1v) is 8.70. The van der Waals surface area contributed by atoms with Crippen LogP contribution in [0.1, 0.15) is 74.6 Å². The Kier molecular flexibility index (Phi) is 3.42. The Hall–Kier alpha value is -0.340. The van der Waals surface area contributed by atoms with E-state index in [4.69, 9.17) is 23.2 Å². The number of halogens is 2. The number of hydrogen-bond donors (Lipinski definition) is 0. The van der Waals surface area contributed by atoms with Gasteiger partial charge in [0, 0.05) is 11.5 Å². The molecule has 1 aromatic rings. The fourth-order valence-corrected chi connectivity index (χ4v) is 5.42. The number of rotatable bonds is 2. The molecule has 0 spiro atoms. The molecule has 2 bridgehead atoms. The summed E-state index contributed by atoms with van der Waals surface area (Å²) in [4.78, 5) is 9.30. The van der Waals surface area contributed by atoms with E-state index in [0.29, 0.717) is 22.1 Å². The summed E-state index contributed by atoms with van der Waals surface area (Å²) in [6, 6.07) is 0. The van der Waals surface area contributed by atoms with Crippen molar-refractivity contribution in [3.8, 4) is 0 Å². The highest BCUT2D eigenvalue weighted by Gasteiger charge is 2.42. The highest BCUT2D eigenvalue weighted by Crippen LogP contribution is 2.52. The third kappa shape index (κ3) is 2.16. The van der Waals surface area contributed by atoms with Gasteiger partial charge in [0.05, 0.1) is 0 Å². The van der Waals surface area contributed by atoms with Gasteiger partial charge >= 0.3 is 0 Å². The van der Waals surface area contributed by atoms with E-state index in [-0.39, 0.29) is 0 Å². The third-order valence-corrected chi connectivity index (χ3v) is 6.28. The van der Waals surface area contributed by atoms with Crippen molar-refractivity contribution in [2.24, 2.45) is 11.8 Å². The maximum Gasteiger partial charge on any atom is 0.137 e. The second kappa shape index (κ2) is 5.14. The summed E-state index contributed by atoms with van der Waals surface area (Å²) >= 11 is 12.9. The molecule has 0 aromatic carbocycles. The first-order chi connectivity index (χ1) is 9.72. The molecule has 0 aliphatic heterocycles. The fourth-order valence-electron chi connectivity index (χ4n) is 4.71. The molecule has 3 fully saturated rings. The van der Waals surface area contributed by atoms with E-state index in [2.05, 4.69) is 9.97 Å². The summed E-state index contributed by atoms with van der Waals surface area (Å²) in [6.07, 6.45) is 10.2. The van der Waals surface area contributed by atoms with Crippen molar-refractivity contribution in [1.82, 2.24) is 9.97 Å². The molecule has 1 aromatic heterocycles. The molecule has 20 heavy (non-hydrogen) atoms. The second-order valence-electron chi connectivity index (χ2n) is 6.84. The van der Waals surface area contributed by atoms with Gasteiger partial charge in [-0.15, -0.1) is 0 Å². The molecule has 0 saturated heterocycles. The lowest BCUT2D eigenvalue weighted by atomic mass is 9.88. The van der Waals surface area contributed by atoms with Crippen LogP contribution in [0.25, 0.3) is 0 Å². The zero-order chi connectivity index (χ0) is 13.7. The van der Waals surface area contributed by atoms with Crippen LogP contribution in [0.2, 0.25) is 10.3 Å². The molecule has 3 saturated carbocycles. The highest BCUT2D eigenvalue weighted by atomic mass is 35.5. The van der Waals surface area contributed by atoms with Crippen LogP contribution < -0.4 is 0 Å². The normalized spacial score (nSPS) is 33.2. The van der Waals surface area contributed by atoms with Crippen LogP contribution in [0.5, 0.6) is 0 Å². The monoisotopic (exact) mass is 310 g/mol. The summed E-state index contributed by atoms with van der Waals surface area (Å²) in [6.45, 7) is 0. The average molecular weight is 311 g/mol. The van der Waals surface area contributed by atoms with Gasteiger partial charge in [-0.3, -0.25) is 0 Å². The van der Waals surface area contributed by atoms with Gasteiger partial charge in [0.1, 0.15) is 16.1 Å². The number of fused-ring (bicyclic) bond motifs is 2. The summed E-state index contributed by atoms with van der Waals surface area (Å²) in [5.41, 5.74) is 1.01. The highest BCUT2D eigenvalue weighted by molar-refractivity contribution is 6.34. The average Bonchev–Trinajstić information content (AvgIpc) is 3.15. The molecule has 3 unspecified atom stereocenters. The van der Waals surface area contributed by atoms with Gasteiger partial charge in [0.2, 0.25) is 0 Å². The summed E-state index contributed by atoms with van der Waals surface area (Å²) in [5, 5.41) is 1.24. The van der Waals surface area contributed by atoms with Crippen molar-refractivity contribution in [2.75, 3.05) is 0 Å². The lowest BCUT2D eigenvalue weighted by molar-refractivity contribution is 0.405. The van der Waals surface area contributed by atoms with Crippen molar-refractivity contribution in [3.63, 3.8) is 0 Å². The quantitative estimate of drug-likeness (QED) is 0.689. The Morgan fingerprint density at radius 1 is 0.850 bits per heavy atom. The first-order valence-electron chi connectivity index (χ1n) is 7.95. The van der Waals surface area contributed by atoms with Gasteiger partial charge in [0.25, 0.3) is 0 Å². The van der Waals surface area contributed by atoms with Gasteiger partial charge < -0.3 is 0 Å². The van der Waals surface area contributed by atoms with Crippen molar-refractivity contribution in [3.05, 3.63) is 21.7 Å². The Labute approximate surface area is 130 Å². The van der Waals surface area contributed by atoms with Gasteiger partial charge in [-0.05, 0) is 49.9 Å². The molecule has 2 nitrogen and oxygen atoms in total. The molecule has 0 N–H and O–H groups in total. The predicted molar refractivity (Wildman–Crippen MR) is 81.5 cm³/mol. The van der Waals surface area contributed by atoms with E-state index < -0.39 is 0 Å². The maximum absolute atomic E-state index is 6.46. The summed E-state index contributed by atoms with van der Waals surface area (Å²) < 4.78 is 0. The molecule has 0 amide bonds. The van der Waals surface area contributed by atoms with Gasteiger partial charge in [-0.2, -0.15) is 0 Å². The molecule has 3 aliphatic carbocycles. The van der Waals surface area contributed by atoms with E-state index in [9.17, 15) is 0 Å². The zero-order valence-electron chi connectivity index (χ0n) is 11.6. The molecule has 3 aliphatic rings. The van der Waals surface area contributed by atoms with E-state index in [1.165, 1.54) is 51.4 Å². The van der Waals surface area contributed by atoms with Crippen LogP contribution in [0.4, 0.5) is 0 Å². The minimum Gasteiger partial charge on any atom is -0.220 e. The van der Waals surface area contributed by atoms with E-state index >= 15 is 0 Å². The molecule has 108 valence electrons. The number of hydrogen-bond acceptors (Lipinski definition) is 2. The van der Waals surface area contributed by atoms with E-state index in [0.717, 1.165) is 23.2 Å². The minimum atomic E-state index is 0.476. The number of nitrogens with zero attached hydrogens (tertiary/aromatic N) is 2. The second-order valence-corrected chi connectivity index (χ2v) is 7.56. The van der Waals surface area contributed by atoms with Crippen molar-refractivity contribution >= 4 is 23.2 Å². The van der Waals surface area contributed by atoms with Crippen LogP contribution in [0.15, 0.2) is 0 Å². The van der Waals surface area contributed by atoms with Gasteiger partial charge in [-0.1, -0.05) is 42.5 Å². The zero-order valence-corrected chi connectivity index (χ0v) is 13.1. The van der Waals surface area contributed by atoms with Crippen molar-refractivity contribution in [2.45, 2.75) is 63.2 Å². The lowest BCUT2D eigenvalue weighted by Gasteiger charge is -2.22. The first kappa shape index (κ1) is 13.3. The fraction of sp³-hybridized carbons (Fsp3) is 0.750. The van der Waals surface area contributed by atoms with Crippen molar-refractivity contribution < 1.29 is 0 Å². The van der Waals surface area contributed by atoms with Crippen LogP contribution in [0, 0.1) is 11.8 Å². The Bertz CT molecular complexity index is 502. The molecule has 4 rings (SSSR count). The summed E-state index contributed by atoms with van der Waals surface area (Å²) in [7, 11) is 0. The van der Waals surface area contributed by atoms with E-state index in [1.807, 2.05) is 0 Å². The third-order valence-electron chi connectivity index (χ3n) is 5.70. The molecule has 3 atom stereocenters. The molecule has 0 radical (unpaired) electrons. The molecular formula is C16H20Cl2N2. The molecule has 1 heterocycles. The van der Waals surface area contributed by atoms with Crippen LogP contribution in [-0.2, 0) is 0 Å². The minimum absolute atomic E-state index is 0.476. The molecular weight excluding hydrogens is 291 g/mol. The Morgan fingerprint density at radius 2 is 1.55 bits per heavy atom. The van der Waals surface area contributed by atoms with Gasteiger partial charge in [0.15, 0.2) is 0 Å². The van der Waals surface area contributed by atoms with Crippen LogP contribution in [0.3, 0.4) is 0 Å². The standard InChI is InChI=1S/C16H20Cl2N2/c17-14-13(10-3-1-2-4-10)15(18)20-16(19-14)12-8-9-5-6-11(12)7-9/h9-12H,1-8H2. The smallest absolute Gasteiger partial charge is 0.137 e. The van der Waals surface area contributed by atoms with Crippen LogP contribution >= 0.6 is 23.2 Å². The Balaban J connectivity index is 1.66. The van der Waals surface area contributed by atoms with E-state index in [1.54, 1.807) is 0 Å². The summed E-state index contributed by atoms with van der Waals surface area (Å²) in [5.74, 6) is 3.55. The Morgan fingerprint density at radius 3 is 2.10 bits per heavy atom. The van der Waals surface area contributed by atoms with Crippen molar-refractivity contribution in [1.29, 1.82) is 0 Å². The molecule has 4 heteroatoms. The van der Waals surface area contributed by atoms with Crippen LogP contribution in [-0.4, -0.2) is 9.97 Å². The maximum atomic E-state index is 6.46.